The van der Waals surface area contributed by atoms with Crippen LogP contribution in [0, 0.1) is 0 Å². The van der Waals surface area contributed by atoms with Gasteiger partial charge in [0.1, 0.15) is 5.75 Å². The first-order chi connectivity index (χ1) is 12.1. The maximum Gasteiger partial charge on any atom is 0.220 e. The highest BCUT2D eigenvalue weighted by molar-refractivity contribution is 5.76. The molecule has 1 unspecified atom stereocenters. The van der Waals surface area contributed by atoms with Gasteiger partial charge in [-0.2, -0.15) is 0 Å². The molecule has 2 aromatic carbocycles. The van der Waals surface area contributed by atoms with Crippen LogP contribution in [0.25, 0.3) is 0 Å². The molecule has 1 atom stereocenters. The van der Waals surface area contributed by atoms with Gasteiger partial charge in [0, 0.05) is 12.8 Å². The molecule has 0 bridgehead atoms. The van der Waals surface area contributed by atoms with Gasteiger partial charge < -0.3 is 19.9 Å². The zero-order chi connectivity index (χ0) is 17.6. The van der Waals surface area contributed by atoms with E-state index < -0.39 is 0 Å². The quantitative estimate of drug-likeness (QED) is 0.875. The van der Waals surface area contributed by atoms with Crippen LogP contribution in [0.15, 0.2) is 42.5 Å². The van der Waals surface area contributed by atoms with Crippen molar-refractivity contribution in [2.75, 3.05) is 13.2 Å². The number of aryl methyl sites for hydroxylation is 1. The lowest BCUT2D eigenvalue weighted by molar-refractivity contribution is -0.121. The van der Waals surface area contributed by atoms with E-state index in [0.29, 0.717) is 26.1 Å². The molecule has 0 radical (unpaired) electrons. The van der Waals surface area contributed by atoms with Crippen molar-refractivity contribution in [1.29, 1.82) is 0 Å². The van der Waals surface area contributed by atoms with Crippen LogP contribution in [0.1, 0.15) is 36.9 Å². The zero-order valence-electron chi connectivity index (χ0n) is 14.3. The van der Waals surface area contributed by atoms with E-state index in [1.807, 2.05) is 37.3 Å². The van der Waals surface area contributed by atoms with Gasteiger partial charge in [0.2, 0.25) is 5.91 Å². The molecule has 25 heavy (non-hydrogen) atoms. The van der Waals surface area contributed by atoms with Gasteiger partial charge in [0.25, 0.3) is 0 Å². The Kier molecular flexibility index (Phi) is 5.43. The van der Waals surface area contributed by atoms with Crippen molar-refractivity contribution in [3.63, 3.8) is 0 Å². The molecule has 2 aromatic rings. The van der Waals surface area contributed by atoms with E-state index in [9.17, 15) is 9.90 Å². The maximum atomic E-state index is 12.2. The largest absolute Gasteiger partial charge is 0.508 e. The third-order valence-electron chi connectivity index (χ3n) is 4.26. The van der Waals surface area contributed by atoms with Crippen LogP contribution >= 0.6 is 0 Å². The molecule has 0 saturated carbocycles. The van der Waals surface area contributed by atoms with Crippen LogP contribution in [0.2, 0.25) is 0 Å². The summed E-state index contributed by atoms with van der Waals surface area (Å²) in [6.45, 7) is 3.24. The Hall–Kier alpha value is -2.69. The van der Waals surface area contributed by atoms with Crippen LogP contribution in [0.5, 0.6) is 17.2 Å². The Morgan fingerprint density at radius 3 is 2.72 bits per heavy atom. The SMILES string of the molecule is CC(NC(=O)CCc1ccccc1O)c1ccc2c(c1)OCCCO2. The van der Waals surface area contributed by atoms with Crippen molar-refractivity contribution in [3.8, 4) is 17.2 Å². The smallest absolute Gasteiger partial charge is 0.220 e. The molecule has 1 aliphatic heterocycles. The van der Waals surface area contributed by atoms with Gasteiger partial charge in [-0.15, -0.1) is 0 Å². The van der Waals surface area contributed by atoms with Crippen LogP contribution in [-0.4, -0.2) is 24.2 Å². The number of nitrogens with one attached hydrogen (secondary N) is 1. The molecule has 2 N–H and O–H groups in total. The summed E-state index contributed by atoms with van der Waals surface area (Å²) < 4.78 is 11.3. The molecule has 3 rings (SSSR count). The molecule has 0 aromatic heterocycles. The molecule has 5 heteroatoms. The Bertz CT molecular complexity index is 744. The van der Waals surface area contributed by atoms with Crippen LogP contribution in [0.3, 0.4) is 0 Å². The minimum Gasteiger partial charge on any atom is -0.508 e. The number of carbonyl (C=O) groups is 1. The van der Waals surface area contributed by atoms with E-state index in [4.69, 9.17) is 9.47 Å². The second-order valence-electron chi connectivity index (χ2n) is 6.17. The first-order valence-electron chi connectivity index (χ1n) is 8.59. The van der Waals surface area contributed by atoms with Crippen molar-refractivity contribution >= 4 is 5.91 Å². The Balaban J connectivity index is 1.58. The first kappa shape index (κ1) is 17.1. The lowest BCUT2D eigenvalue weighted by Crippen LogP contribution is -2.26. The summed E-state index contributed by atoms with van der Waals surface area (Å²) in [5, 5.41) is 12.8. The molecule has 0 aliphatic carbocycles. The molecular formula is C20H23NO4. The number of fused-ring (bicyclic) bond motifs is 1. The summed E-state index contributed by atoms with van der Waals surface area (Å²) in [5.74, 6) is 1.65. The number of carbonyl (C=O) groups excluding carboxylic acids is 1. The predicted octanol–water partition coefficient (Wildman–Crippen LogP) is 3.36. The van der Waals surface area contributed by atoms with Crippen LogP contribution in [0.4, 0.5) is 0 Å². The van der Waals surface area contributed by atoms with Crippen molar-refractivity contribution in [3.05, 3.63) is 53.6 Å². The highest BCUT2D eigenvalue weighted by atomic mass is 16.5. The summed E-state index contributed by atoms with van der Waals surface area (Å²) in [7, 11) is 0. The molecule has 1 amide bonds. The molecule has 5 nitrogen and oxygen atoms in total. The zero-order valence-corrected chi connectivity index (χ0v) is 14.3. The van der Waals surface area contributed by atoms with Crippen LogP contribution < -0.4 is 14.8 Å². The van der Waals surface area contributed by atoms with Gasteiger partial charge >= 0.3 is 0 Å². The fourth-order valence-corrected chi connectivity index (χ4v) is 2.82. The summed E-state index contributed by atoms with van der Waals surface area (Å²) in [6.07, 6.45) is 1.70. The molecule has 0 fully saturated rings. The highest BCUT2D eigenvalue weighted by Crippen LogP contribution is 2.32. The number of aromatic hydroxyl groups is 1. The summed E-state index contributed by atoms with van der Waals surface area (Å²) in [5.41, 5.74) is 1.75. The van der Waals surface area contributed by atoms with Crippen molar-refractivity contribution in [2.45, 2.75) is 32.2 Å². The standard InChI is InChI=1S/C20H23NO4/c1-14(16-7-9-18-19(13-16)25-12-4-11-24-18)21-20(23)10-8-15-5-2-3-6-17(15)22/h2-3,5-7,9,13-14,22H,4,8,10-12H2,1H3,(H,21,23). The van der Waals surface area contributed by atoms with Crippen LogP contribution in [-0.2, 0) is 11.2 Å². The number of benzene rings is 2. The number of hydrogen-bond acceptors (Lipinski definition) is 4. The lowest BCUT2D eigenvalue weighted by Gasteiger charge is -2.16. The van der Waals surface area contributed by atoms with Gasteiger partial charge in [-0.05, 0) is 42.7 Å². The maximum absolute atomic E-state index is 12.2. The lowest BCUT2D eigenvalue weighted by atomic mass is 10.1. The minimum absolute atomic E-state index is 0.0529. The van der Waals surface area contributed by atoms with Crippen molar-refractivity contribution in [1.82, 2.24) is 5.32 Å². The second kappa shape index (κ2) is 7.92. The Morgan fingerprint density at radius 2 is 1.92 bits per heavy atom. The normalized spacial score (nSPS) is 14.4. The third kappa shape index (κ3) is 4.44. The summed E-state index contributed by atoms with van der Waals surface area (Å²) in [6, 6.07) is 12.7. The third-order valence-corrected chi connectivity index (χ3v) is 4.26. The average Bonchev–Trinajstić information content (AvgIpc) is 2.85. The van der Waals surface area contributed by atoms with Gasteiger partial charge in [0.05, 0.1) is 19.3 Å². The number of rotatable bonds is 5. The van der Waals surface area contributed by atoms with E-state index >= 15 is 0 Å². The highest BCUT2D eigenvalue weighted by Gasteiger charge is 2.15. The molecule has 1 heterocycles. The fraction of sp³-hybridized carbons (Fsp3) is 0.350. The van der Waals surface area contributed by atoms with E-state index in [-0.39, 0.29) is 17.7 Å². The Morgan fingerprint density at radius 1 is 1.16 bits per heavy atom. The molecular weight excluding hydrogens is 318 g/mol. The van der Waals surface area contributed by atoms with E-state index in [0.717, 1.165) is 29.0 Å². The average molecular weight is 341 g/mol. The molecule has 0 spiro atoms. The molecule has 0 saturated heterocycles. The summed E-state index contributed by atoms with van der Waals surface area (Å²) in [4.78, 5) is 12.2. The minimum atomic E-state index is -0.131. The second-order valence-corrected chi connectivity index (χ2v) is 6.17. The number of hydrogen-bond donors (Lipinski definition) is 2. The summed E-state index contributed by atoms with van der Waals surface area (Å²) >= 11 is 0. The Labute approximate surface area is 147 Å². The van der Waals surface area contributed by atoms with Crippen molar-refractivity contribution < 1.29 is 19.4 Å². The van der Waals surface area contributed by atoms with E-state index in [2.05, 4.69) is 5.32 Å². The number of phenolic OH excluding ortho intramolecular Hbond substituents is 1. The molecule has 1 aliphatic rings. The van der Waals surface area contributed by atoms with E-state index in [1.165, 1.54) is 0 Å². The van der Waals surface area contributed by atoms with Crippen molar-refractivity contribution in [2.24, 2.45) is 0 Å². The van der Waals surface area contributed by atoms with Gasteiger partial charge in [-0.25, -0.2) is 0 Å². The number of para-hydroxylation sites is 1. The molecule has 132 valence electrons. The topological polar surface area (TPSA) is 67.8 Å². The van der Waals surface area contributed by atoms with Gasteiger partial charge in [-0.1, -0.05) is 24.3 Å². The number of ether oxygens (including phenoxy) is 2. The fourth-order valence-electron chi connectivity index (χ4n) is 2.82. The van der Waals surface area contributed by atoms with E-state index in [1.54, 1.807) is 12.1 Å². The number of phenols is 1. The first-order valence-corrected chi connectivity index (χ1v) is 8.59. The number of amides is 1. The van der Waals surface area contributed by atoms with Gasteiger partial charge in [-0.3, -0.25) is 4.79 Å². The monoisotopic (exact) mass is 341 g/mol. The predicted molar refractivity (Wildman–Crippen MR) is 95.0 cm³/mol. The van der Waals surface area contributed by atoms with Gasteiger partial charge in [0.15, 0.2) is 11.5 Å².